The second kappa shape index (κ2) is 6.38. The van der Waals surface area contributed by atoms with Crippen LogP contribution in [0.15, 0.2) is 42.7 Å². The van der Waals surface area contributed by atoms with Gasteiger partial charge in [-0.15, -0.1) is 0 Å². The molecule has 0 aliphatic heterocycles. The molecule has 2 aromatic rings. The number of nitrogens with one attached hydrogen (secondary N) is 1. The largest absolute Gasteiger partial charge is 0.508 e. The van der Waals surface area contributed by atoms with Crippen LogP contribution in [-0.4, -0.2) is 16.6 Å². The highest BCUT2D eigenvalue weighted by Gasteiger charge is 2.04. The first-order chi connectivity index (χ1) is 8.77. The first-order valence-electron chi connectivity index (χ1n) is 5.83. The van der Waals surface area contributed by atoms with Gasteiger partial charge >= 0.3 is 0 Å². The highest BCUT2D eigenvalue weighted by atomic mass is 35.5. The summed E-state index contributed by atoms with van der Waals surface area (Å²) in [5.74, 6) is 0.233. The van der Waals surface area contributed by atoms with Gasteiger partial charge in [0.05, 0.1) is 0 Å². The molecule has 1 heterocycles. The van der Waals surface area contributed by atoms with Crippen molar-refractivity contribution in [2.24, 2.45) is 0 Å². The van der Waals surface area contributed by atoms with Crippen LogP contribution in [0.4, 0.5) is 0 Å². The van der Waals surface area contributed by atoms with Crippen molar-refractivity contribution >= 4 is 11.6 Å². The zero-order valence-corrected chi connectivity index (χ0v) is 10.7. The van der Waals surface area contributed by atoms with Crippen LogP contribution in [0.2, 0.25) is 5.02 Å². The van der Waals surface area contributed by atoms with E-state index in [9.17, 15) is 5.11 Å². The number of aromatic nitrogens is 1. The van der Waals surface area contributed by atoms with E-state index >= 15 is 0 Å². The SMILES string of the molecule is Oc1cccc(Cl)c1CNCCc1cccnc1. The van der Waals surface area contributed by atoms with Gasteiger partial charge in [0, 0.05) is 29.5 Å². The van der Waals surface area contributed by atoms with E-state index in [0.29, 0.717) is 11.6 Å². The standard InChI is InChI=1S/C14H15ClN2O/c15-13-4-1-5-14(18)12(13)10-17-8-6-11-3-2-7-16-9-11/h1-5,7,9,17-18H,6,8,10H2. The van der Waals surface area contributed by atoms with Gasteiger partial charge < -0.3 is 10.4 Å². The summed E-state index contributed by atoms with van der Waals surface area (Å²) in [7, 11) is 0. The minimum atomic E-state index is 0.233. The first-order valence-corrected chi connectivity index (χ1v) is 6.21. The van der Waals surface area contributed by atoms with E-state index in [0.717, 1.165) is 18.5 Å². The average molecular weight is 263 g/mol. The zero-order chi connectivity index (χ0) is 12.8. The molecule has 18 heavy (non-hydrogen) atoms. The predicted molar refractivity (Wildman–Crippen MR) is 72.8 cm³/mol. The monoisotopic (exact) mass is 262 g/mol. The van der Waals surface area contributed by atoms with E-state index < -0.39 is 0 Å². The van der Waals surface area contributed by atoms with Crippen LogP contribution in [0.25, 0.3) is 0 Å². The number of pyridine rings is 1. The lowest BCUT2D eigenvalue weighted by Gasteiger charge is -2.08. The van der Waals surface area contributed by atoms with Crippen molar-refractivity contribution in [2.45, 2.75) is 13.0 Å². The molecular weight excluding hydrogens is 248 g/mol. The molecule has 0 amide bonds. The minimum absolute atomic E-state index is 0.233. The lowest BCUT2D eigenvalue weighted by molar-refractivity contribution is 0.464. The Balaban J connectivity index is 1.82. The van der Waals surface area contributed by atoms with Gasteiger partial charge in [0.25, 0.3) is 0 Å². The van der Waals surface area contributed by atoms with Crippen molar-refractivity contribution in [2.75, 3.05) is 6.54 Å². The third-order valence-corrected chi connectivity index (χ3v) is 3.06. The summed E-state index contributed by atoms with van der Waals surface area (Å²) in [5, 5.41) is 13.5. The van der Waals surface area contributed by atoms with Gasteiger partial charge in [-0.1, -0.05) is 23.7 Å². The fraction of sp³-hybridized carbons (Fsp3) is 0.214. The molecule has 3 nitrogen and oxygen atoms in total. The molecule has 0 atom stereocenters. The highest BCUT2D eigenvalue weighted by Crippen LogP contribution is 2.24. The van der Waals surface area contributed by atoms with Crippen molar-refractivity contribution in [3.63, 3.8) is 0 Å². The third-order valence-electron chi connectivity index (χ3n) is 2.71. The fourth-order valence-electron chi connectivity index (χ4n) is 1.71. The maximum absolute atomic E-state index is 9.67. The molecule has 0 aliphatic carbocycles. The summed E-state index contributed by atoms with van der Waals surface area (Å²) in [6.07, 6.45) is 4.52. The number of benzene rings is 1. The molecule has 0 spiro atoms. The Morgan fingerprint density at radius 3 is 2.83 bits per heavy atom. The summed E-state index contributed by atoms with van der Waals surface area (Å²) in [5.41, 5.74) is 1.93. The first kappa shape index (κ1) is 12.9. The van der Waals surface area contributed by atoms with Gasteiger partial charge in [-0.05, 0) is 36.7 Å². The molecule has 1 aromatic heterocycles. The summed E-state index contributed by atoms with van der Waals surface area (Å²) in [6, 6.07) is 9.12. The molecule has 1 aromatic carbocycles. The Morgan fingerprint density at radius 2 is 2.11 bits per heavy atom. The normalized spacial score (nSPS) is 10.5. The Hall–Kier alpha value is -1.58. The van der Waals surface area contributed by atoms with Gasteiger partial charge in [-0.25, -0.2) is 0 Å². The van der Waals surface area contributed by atoms with Crippen molar-refractivity contribution in [3.05, 3.63) is 58.9 Å². The zero-order valence-electron chi connectivity index (χ0n) is 9.94. The van der Waals surface area contributed by atoms with Gasteiger partial charge in [0.1, 0.15) is 5.75 Å². The number of nitrogens with zero attached hydrogens (tertiary/aromatic N) is 1. The van der Waals surface area contributed by atoms with Gasteiger partial charge in [0.2, 0.25) is 0 Å². The Labute approximate surface area is 111 Å². The van der Waals surface area contributed by atoms with E-state index in [1.165, 1.54) is 5.56 Å². The molecule has 0 saturated carbocycles. The predicted octanol–water partition coefficient (Wildman–Crippen LogP) is 2.77. The summed E-state index contributed by atoms with van der Waals surface area (Å²) >= 11 is 6.02. The van der Waals surface area contributed by atoms with Crippen molar-refractivity contribution in [1.82, 2.24) is 10.3 Å². The Morgan fingerprint density at radius 1 is 1.22 bits per heavy atom. The number of phenols is 1. The number of hydrogen-bond acceptors (Lipinski definition) is 3. The van der Waals surface area contributed by atoms with Crippen LogP contribution in [0, 0.1) is 0 Å². The van der Waals surface area contributed by atoms with E-state index in [4.69, 9.17) is 11.6 Å². The van der Waals surface area contributed by atoms with Crippen LogP contribution >= 0.6 is 11.6 Å². The number of aromatic hydroxyl groups is 1. The fourth-order valence-corrected chi connectivity index (χ4v) is 1.95. The molecular formula is C14H15ClN2O. The third kappa shape index (κ3) is 3.45. The molecule has 0 radical (unpaired) electrons. The molecule has 0 bridgehead atoms. The maximum Gasteiger partial charge on any atom is 0.121 e. The maximum atomic E-state index is 9.67. The molecule has 4 heteroatoms. The smallest absolute Gasteiger partial charge is 0.121 e. The second-order valence-electron chi connectivity index (χ2n) is 4.03. The van der Waals surface area contributed by atoms with Crippen molar-refractivity contribution in [1.29, 1.82) is 0 Å². The topological polar surface area (TPSA) is 45.1 Å². The van der Waals surface area contributed by atoms with E-state index in [1.54, 1.807) is 24.4 Å². The van der Waals surface area contributed by atoms with Crippen LogP contribution in [0.3, 0.4) is 0 Å². The van der Waals surface area contributed by atoms with Gasteiger partial charge in [0.15, 0.2) is 0 Å². The van der Waals surface area contributed by atoms with E-state index in [2.05, 4.69) is 10.3 Å². The Bertz CT molecular complexity index is 482. The number of phenolic OH excluding ortho intramolecular Hbond substituents is 1. The minimum Gasteiger partial charge on any atom is -0.508 e. The highest BCUT2D eigenvalue weighted by molar-refractivity contribution is 6.31. The second-order valence-corrected chi connectivity index (χ2v) is 4.43. The van der Waals surface area contributed by atoms with Crippen LogP contribution in [-0.2, 0) is 13.0 Å². The van der Waals surface area contributed by atoms with E-state index in [-0.39, 0.29) is 5.75 Å². The lowest BCUT2D eigenvalue weighted by Crippen LogP contribution is -2.17. The van der Waals surface area contributed by atoms with E-state index in [1.807, 2.05) is 18.3 Å². The molecule has 94 valence electrons. The summed E-state index contributed by atoms with van der Waals surface area (Å²) in [4.78, 5) is 4.06. The average Bonchev–Trinajstić information content (AvgIpc) is 2.38. The van der Waals surface area contributed by atoms with Crippen LogP contribution < -0.4 is 5.32 Å². The molecule has 2 rings (SSSR count). The molecule has 0 saturated heterocycles. The summed E-state index contributed by atoms with van der Waals surface area (Å²) in [6.45, 7) is 1.38. The van der Waals surface area contributed by atoms with Gasteiger partial charge in [-0.2, -0.15) is 0 Å². The summed E-state index contributed by atoms with van der Waals surface area (Å²) < 4.78 is 0. The molecule has 2 N–H and O–H groups in total. The lowest BCUT2D eigenvalue weighted by atomic mass is 10.2. The van der Waals surface area contributed by atoms with Crippen LogP contribution in [0.5, 0.6) is 5.75 Å². The van der Waals surface area contributed by atoms with Crippen molar-refractivity contribution in [3.8, 4) is 5.75 Å². The number of halogens is 1. The van der Waals surface area contributed by atoms with Gasteiger partial charge in [-0.3, -0.25) is 4.98 Å². The molecule has 0 fully saturated rings. The quantitative estimate of drug-likeness (QED) is 0.815. The number of rotatable bonds is 5. The molecule has 0 aliphatic rings. The Kier molecular flexibility index (Phi) is 4.56. The van der Waals surface area contributed by atoms with Crippen LogP contribution in [0.1, 0.15) is 11.1 Å². The molecule has 0 unspecified atom stereocenters. The van der Waals surface area contributed by atoms with Crippen molar-refractivity contribution < 1.29 is 5.11 Å². The number of hydrogen-bond donors (Lipinski definition) is 2.